The molecule has 2 amide bonds. The minimum absolute atomic E-state index is 0.185. The number of anilines is 1. The normalized spacial score (nSPS) is 22.7. The second kappa shape index (κ2) is 8.19. The molecule has 0 aromatic carbocycles. The fourth-order valence-electron chi connectivity index (χ4n) is 4.66. The summed E-state index contributed by atoms with van der Waals surface area (Å²) < 4.78 is 2.05. The molecule has 1 fully saturated rings. The Hall–Kier alpha value is -2.12. The molecule has 2 aromatic rings. The Morgan fingerprint density at radius 3 is 2.63 bits per heavy atom. The van der Waals surface area contributed by atoms with Crippen LogP contribution in [0.3, 0.4) is 0 Å². The number of carbonyl (C=O) groups is 1. The molecule has 4 rings (SSSR count). The standard InChI is InChI=1S/C22H31ClN6O/c1-22(2)10-19-17(11-25-29(19)13-22)16-9-20(24-12-18(16)23)27-21(30)26-14-5-7-15(8-6-14)28(3)4/h9,11-12,14-15H,5-8,10,13H2,1-4H3,(H2,24,26,27,30). The van der Waals surface area contributed by atoms with Crippen LogP contribution < -0.4 is 10.6 Å². The maximum absolute atomic E-state index is 12.5. The lowest BCUT2D eigenvalue weighted by Crippen LogP contribution is -2.43. The van der Waals surface area contributed by atoms with E-state index in [4.69, 9.17) is 11.6 Å². The van der Waals surface area contributed by atoms with Gasteiger partial charge in [-0.15, -0.1) is 0 Å². The highest BCUT2D eigenvalue weighted by Gasteiger charge is 2.32. The Morgan fingerprint density at radius 1 is 1.20 bits per heavy atom. The van der Waals surface area contributed by atoms with Crippen LogP contribution in [0.15, 0.2) is 18.5 Å². The topological polar surface area (TPSA) is 75.1 Å². The quantitative estimate of drug-likeness (QED) is 0.763. The molecule has 1 aliphatic heterocycles. The summed E-state index contributed by atoms with van der Waals surface area (Å²) in [6.07, 6.45) is 8.59. The van der Waals surface area contributed by atoms with E-state index in [1.807, 2.05) is 12.3 Å². The molecule has 2 aromatic heterocycles. The minimum atomic E-state index is -0.217. The van der Waals surface area contributed by atoms with Gasteiger partial charge in [-0.25, -0.2) is 9.78 Å². The van der Waals surface area contributed by atoms with Crippen LogP contribution in [0.2, 0.25) is 5.02 Å². The lowest BCUT2D eigenvalue weighted by atomic mass is 9.89. The van der Waals surface area contributed by atoms with E-state index < -0.39 is 0 Å². The van der Waals surface area contributed by atoms with Crippen LogP contribution in [0.1, 0.15) is 45.2 Å². The van der Waals surface area contributed by atoms with Gasteiger partial charge in [0.15, 0.2) is 0 Å². The second-order valence-corrected chi connectivity index (χ2v) is 10.0. The van der Waals surface area contributed by atoms with Gasteiger partial charge in [0.1, 0.15) is 5.82 Å². The molecule has 2 aliphatic rings. The van der Waals surface area contributed by atoms with Crippen LogP contribution in [0, 0.1) is 5.41 Å². The summed E-state index contributed by atoms with van der Waals surface area (Å²) in [5.41, 5.74) is 3.23. The van der Waals surface area contributed by atoms with Crippen LogP contribution in [0.25, 0.3) is 11.1 Å². The molecule has 3 heterocycles. The lowest BCUT2D eigenvalue weighted by Gasteiger charge is -2.32. The van der Waals surface area contributed by atoms with E-state index in [0.717, 1.165) is 49.8 Å². The van der Waals surface area contributed by atoms with Crippen molar-refractivity contribution >= 4 is 23.4 Å². The molecule has 0 bridgehead atoms. The van der Waals surface area contributed by atoms with Crippen molar-refractivity contribution in [3.05, 3.63) is 29.2 Å². The number of urea groups is 1. The van der Waals surface area contributed by atoms with Crippen molar-refractivity contribution in [1.29, 1.82) is 0 Å². The summed E-state index contributed by atoms with van der Waals surface area (Å²) in [4.78, 5) is 19.1. The second-order valence-electron chi connectivity index (χ2n) is 9.62. The average molecular weight is 431 g/mol. The fourth-order valence-corrected chi connectivity index (χ4v) is 4.87. The maximum Gasteiger partial charge on any atom is 0.320 e. The van der Waals surface area contributed by atoms with E-state index in [1.54, 1.807) is 6.20 Å². The Bertz CT molecular complexity index is 930. The number of fused-ring (bicyclic) bond motifs is 1. The Labute approximate surface area is 183 Å². The first kappa shape index (κ1) is 21.1. The molecular weight excluding hydrogens is 400 g/mol. The summed E-state index contributed by atoms with van der Waals surface area (Å²) in [5, 5.41) is 11.1. The summed E-state index contributed by atoms with van der Waals surface area (Å²) in [6, 6.07) is 2.43. The van der Waals surface area contributed by atoms with Crippen molar-refractivity contribution in [2.24, 2.45) is 5.41 Å². The highest BCUT2D eigenvalue weighted by Crippen LogP contribution is 2.39. The van der Waals surface area contributed by atoms with Gasteiger partial charge in [-0.2, -0.15) is 5.10 Å². The predicted molar refractivity (Wildman–Crippen MR) is 120 cm³/mol. The number of carbonyl (C=O) groups excluding carboxylic acids is 1. The van der Waals surface area contributed by atoms with Gasteiger partial charge in [-0.05, 0) is 57.7 Å². The number of rotatable bonds is 4. The highest BCUT2D eigenvalue weighted by molar-refractivity contribution is 6.33. The molecule has 30 heavy (non-hydrogen) atoms. The van der Waals surface area contributed by atoms with Gasteiger partial charge in [0.25, 0.3) is 0 Å². The van der Waals surface area contributed by atoms with Crippen LogP contribution in [0.5, 0.6) is 0 Å². The van der Waals surface area contributed by atoms with Gasteiger partial charge in [0.05, 0.1) is 11.2 Å². The van der Waals surface area contributed by atoms with Crippen molar-refractivity contribution in [2.45, 2.75) is 64.6 Å². The summed E-state index contributed by atoms with van der Waals surface area (Å²) in [7, 11) is 4.23. The molecule has 0 radical (unpaired) electrons. The fraction of sp³-hybridized carbons (Fsp3) is 0.591. The number of hydrogen-bond donors (Lipinski definition) is 2. The van der Waals surface area contributed by atoms with E-state index in [-0.39, 0.29) is 17.5 Å². The first-order valence-corrected chi connectivity index (χ1v) is 11.0. The zero-order valence-corrected chi connectivity index (χ0v) is 19.0. The predicted octanol–water partition coefficient (Wildman–Crippen LogP) is 4.18. The zero-order valence-electron chi connectivity index (χ0n) is 18.2. The van der Waals surface area contributed by atoms with E-state index in [0.29, 0.717) is 16.9 Å². The third-order valence-corrected chi connectivity index (χ3v) is 6.62. The van der Waals surface area contributed by atoms with E-state index in [9.17, 15) is 4.79 Å². The smallest absolute Gasteiger partial charge is 0.320 e. The first-order chi connectivity index (χ1) is 14.2. The molecule has 0 atom stereocenters. The minimum Gasteiger partial charge on any atom is -0.335 e. The van der Waals surface area contributed by atoms with Crippen molar-refractivity contribution in [3.8, 4) is 11.1 Å². The van der Waals surface area contributed by atoms with E-state index in [2.05, 4.69) is 58.2 Å². The first-order valence-electron chi connectivity index (χ1n) is 10.7. The largest absolute Gasteiger partial charge is 0.335 e. The van der Waals surface area contributed by atoms with Crippen LogP contribution >= 0.6 is 11.6 Å². The third-order valence-electron chi connectivity index (χ3n) is 6.32. The number of pyridine rings is 1. The van der Waals surface area contributed by atoms with Gasteiger partial charge in [0, 0.05) is 41.6 Å². The van der Waals surface area contributed by atoms with E-state index >= 15 is 0 Å². The van der Waals surface area contributed by atoms with Gasteiger partial charge < -0.3 is 10.2 Å². The molecule has 1 saturated carbocycles. The van der Waals surface area contributed by atoms with Crippen LogP contribution in [0.4, 0.5) is 10.6 Å². The van der Waals surface area contributed by atoms with Crippen LogP contribution in [-0.4, -0.2) is 51.9 Å². The Kier molecular flexibility index (Phi) is 5.77. The molecule has 8 heteroatoms. The molecular formula is C22H31ClN6O. The van der Waals surface area contributed by atoms with Crippen molar-refractivity contribution in [1.82, 2.24) is 25.0 Å². The number of amides is 2. The van der Waals surface area contributed by atoms with Gasteiger partial charge >= 0.3 is 6.03 Å². The summed E-state index contributed by atoms with van der Waals surface area (Å²) in [5.74, 6) is 0.492. The summed E-state index contributed by atoms with van der Waals surface area (Å²) >= 11 is 6.46. The SMILES string of the molecule is CN(C)C1CCC(NC(=O)Nc2cc(-c3cnn4c3CC(C)(C)C4)c(Cl)cn2)CC1. The van der Waals surface area contributed by atoms with Crippen molar-refractivity contribution in [3.63, 3.8) is 0 Å². The molecule has 7 nitrogen and oxygen atoms in total. The Morgan fingerprint density at radius 2 is 1.93 bits per heavy atom. The monoisotopic (exact) mass is 430 g/mol. The average Bonchev–Trinajstić information content (AvgIpc) is 3.18. The summed E-state index contributed by atoms with van der Waals surface area (Å²) in [6.45, 7) is 5.38. The molecule has 2 N–H and O–H groups in total. The number of aromatic nitrogens is 3. The highest BCUT2D eigenvalue weighted by atomic mass is 35.5. The zero-order chi connectivity index (χ0) is 21.5. The number of nitrogens with one attached hydrogen (secondary N) is 2. The van der Waals surface area contributed by atoms with E-state index in [1.165, 1.54) is 5.69 Å². The maximum atomic E-state index is 12.5. The number of hydrogen-bond acceptors (Lipinski definition) is 4. The molecule has 0 saturated heterocycles. The molecule has 1 aliphatic carbocycles. The Balaban J connectivity index is 1.43. The molecule has 0 unspecified atom stereocenters. The molecule has 0 spiro atoms. The van der Waals surface area contributed by atoms with Gasteiger partial charge in [-0.1, -0.05) is 25.4 Å². The number of halogens is 1. The van der Waals surface area contributed by atoms with Gasteiger partial charge in [-0.3, -0.25) is 10.00 Å². The molecule has 162 valence electrons. The number of nitrogens with zero attached hydrogens (tertiary/aromatic N) is 4. The lowest BCUT2D eigenvalue weighted by molar-refractivity contribution is 0.202. The van der Waals surface area contributed by atoms with Gasteiger partial charge in [0.2, 0.25) is 0 Å². The van der Waals surface area contributed by atoms with Crippen molar-refractivity contribution in [2.75, 3.05) is 19.4 Å². The third kappa shape index (κ3) is 4.47. The van der Waals surface area contributed by atoms with Crippen molar-refractivity contribution < 1.29 is 4.79 Å². The van der Waals surface area contributed by atoms with Crippen LogP contribution in [-0.2, 0) is 13.0 Å².